The zero-order valence-corrected chi connectivity index (χ0v) is 9.42. The highest BCUT2D eigenvalue weighted by atomic mass is 35.5. The topological polar surface area (TPSA) is 0 Å². The van der Waals surface area contributed by atoms with Gasteiger partial charge >= 0.3 is 0 Å². The van der Waals surface area contributed by atoms with Gasteiger partial charge in [-0.1, -0.05) is 24.1 Å². The van der Waals surface area contributed by atoms with Crippen LogP contribution < -0.4 is 0 Å². The Morgan fingerprint density at radius 1 is 1.08 bits per heavy atom. The van der Waals surface area contributed by atoms with Crippen LogP contribution in [0.15, 0.2) is 21.8 Å². The highest BCUT2D eigenvalue weighted by molar-refractivity contribution is 6.32. The summed E-state index contributed by atoms with van der Waals surface area (Å²) in [6, 6.07) is 0. The predicted molar refractivity (Wildman–Crippen MR) is 55.7 cm³/mol. The molecule has 1 aliphatic carbocycles. The lowest BCUT2D eigenvalue weighted by Crippen LogP contribution is -2.19. The van der Waals surface area contributed by atoms with E-state index in [-0.39, 0.29) is 11.3 Å². The smallest absolute Gasteiger partial charge is 0.0622 e. The summed E-state index contributed by atoms with van der Waals surface area (Å²) < 4.78 is 0. The van der Waals surface area contributed by atoms with Crippen LogP contribution in [0.4, 0.5) is 0 Å². The molecule has 0 fully saturated rings. The molecule has 0 amide bonds. The minimum Gasteiger partial charge on any atom is -0.117 e. The number of hydrogen-bond acceptors (Lipinski definition) is 0. The maximum absolute atomic E-state index is 6.20. The van der Waals surface area contributed by atoms with Crippen LogP contribution in [0.3, 0.4) is 0 Å². The molecular formula is C10H14Cl2. The first-order valence-corrected chi connectivity index (χ1v) is 4.96. The third-order valence-corrected chi connectivity index (χ3v) is 4.10. The summed E-state index contributed by atoms with van der Waals surface area (Å²) in [7, 11) is 0. The van der Waals surface area contributed by atoms with Crippen molar-refractivity contribution in [1.82, 2.24) is 0 Å². The highest BCUT2D eigenvalue weighted by Gasteiger charge is 2.26. The molecule has 0 heterocycles. The summed E-state index contributed by atoms with van der Waals surface area (Å²) in [6.07, 6.45) is 0. The van der Waals surface area contributed by atoms with Gasteiger partial charge in [0, 0.05) is 11.0 Å². The van der Waals surface area contributed by atoms with Crippen molar-refractivity contribution in [2.75, 3.05) is 0 Å². The van der Waals surface area contributed by atoms with Crippen LogP contribution in [0, 0.1) is 5.92 Å². The van der Waals surface area contributed by atoms with E-state index in [4.69, 9.17) is 23.2 Å². The molecule has 2 heteroatoms. The third kappa shape index (κ3) is 1.43. The van der Waals surface area contributed by atoms with Crippen LogP contribution in [-0.2, 0) is 0 Å². The molecule has 0 radical (unpaired) electrons. The van der Waals surface area contributed by atoms with E-state index in [2.05, 4.69) is 27.7 Å². The second-order valence-corrected chi connectivity index (χ2v) is 4.35. The standard InChI is InChI=1S/C10H14Cl2/c1-5-6(2)9(11)8(4)10(12)7(5)3/h8-9H,1-4H3. The van der Waals surface area contributed by atoms with Gasteiger partial charge in [0.1, 0.15) is 0 Å². The Balaban J connectivity index is 3.18. The van der Waals surface area contributed by atoms with Crippen molar-refractivity contribution in [3.05, 3.63) is 21.8 Å². The van der Waals surface area contributed by atoms with Crippen LogP contribution in [0.1, 0.15) is 27.7 Å². The molecule has 0 aromatic heterocycles. The SMILES string of the molecule is CC1=C(Cl)C(C)C(Cl)C(C)=C1C. The maximum Gasteiger partial charge on any atom is 0.0622 e. The molecule has 68 valence electrons. The monoisotopic (exact) mass is 204 g/mol. The highest BCUT2D eigenvalue weighted by Crippen LogP contribution is 2.38. The lowest BCUT2D eigenvalue weighted by atomic mass is 9.87. The molecule has 1 rings (SSSR count). The zero-order chi connectivity index (χ0) is 9.46. The van der Waals surface area contributed by atoms with E-state index >= 15 is 0 Å². The van der Waals surface area contributed by atoms with E-state index in [1.165, 1.54) is 16.7 Å². The van der Waals surface area contributed by atoms with E-state index in [0.717, 1.165) is 5.03 Å². The van der Waals surface area contributed by atoms with Gasteiger partial charge < -0.3 is 0 Å². The van der Waals surface area contributed by atoms with Crippen molar-refractivity contribution in [2.24, 2.45) is 5.92 Å². The van der Waals surface area contributed by atoms with Crippen LogP contribution in [0.25, 0.3) is 0 Å². The van der Waals surface area contributed by atoms with E-state index in [1.807, 2.05) is 0 Å². The van der Waals surface area contributed by atoms with Gasteiger partial charge in [-0.05, 0) is 31.9 Å². The van der Waals surface area contributed by atoms with Crippen molar-refractivity contribution in [2.45, 2.75) is 33.1 Å². The Hall–Kier alpha value is 0.0600. The minimum absolute atomic E-state index is 0.0706. The molecule has 1 aliphatic rings. The fourth-order valence-electron chi connectivity index (χ4n) is 1.53. The fourth-order valence-corrected chi connectivity index (χ4v) is 2.15. The van der Waals surface area contributed by atoms with Gasteiger partial charge in [-0.3, -0.25) is 0 Å². The van der Waals surface area contributed by atoms with E-state index in [0.29, 0.717) is 0 Å². The van der Waals surface area contributed by atoms with Crippen molar-refractivity contribution in [3.8, 4) is 0 Å². The van der Waals surface area contributed by atoms with Gasteiger partial charge in [-0.25, -0.2) is 0 Å². The summed E-state index contributed by atoms with van der Waals surface area (Å²) >= 11 is 12.3. The summed E-state index contributed by atoms with van der Waals surface area (Å²) in [4.78, 5) is 0. The van der Waals surface area contributed by atoms with Crippen molar-refractivity contribution >= 4 is 23.2 Å². The average molecular weight is 205 g/mol. The number of hydrogen-bond donors (Lipinski definition) is 0. The lowest BCUT2D eigenvalue weighted by Gasteiger charge is -2.27. The Morgan fingerprint density at radius 2 is 1.58 bits per heavy atom. The van der Waals surface area contributed by atoms with Crippen LogP contribution in [0.2, 0.25) is 0 Å². The molecule has 0 saturated carbocycles. The number of alkyl halides is 1. The molecule has 0 bridgehead atoms. The molecule has 0 aliphatic heterocycles. The minimum atomic E-state index is 0.0706. The summed E-state index contributed by atoms with van der Waals surface area (Å²) in [5, 5.41) is 0.985. The molecule has 0 saturated heterocycles. The Bertz CT molecular complexity index is 233. The molecule has 0 aromatic rings. The van der Waals surface area contributed by atoms with Gasteiger partial charge in [0.05, 0.1) is 5.38 Å². The Labute approximate surface area is 84.2 Å². The first-order valence-electron chi connectivity index (χ1n) is 4.15. The maximum atomic E-state index is 6.20. The third-order valence-electron chi connectivity index (χ3n) is 2.76. The fraction of sp³-hybridized carbons (Fsp3) is 0.600. The lowest BCUT2D eigenvalue weighted by molar-refractivity contribution is 0.685. The Morgan fingerprint density at radius 3 is 2.08 bits per heavy atom. The number of rotatable bonds is 0. The van der Waals surface area contributed by atoms with E-state index < -0.39 is 0 Å². The molecule has 12 heavy (non-hydrogen) atoms. The van der Waals surface area contributed by atoms with E-state index in [9.17, 15) is 0 Å². The van der Waals surface area contributed by atoms with Crippen LogP contribution in [0.5, 0.6) is 0 Å². The van der Waals surface area contributed by atoms with Gasteiger partial charge in [-0.15, -0.1) is 11.6 Å². The van der Waals surface area contributed by atoms with E-state index in [1.54, 1.807) is 0 Å². The van der Waals surface area contributed by atoms with Crippen LogP contribution in [-0.4, -0.2) is 5.38 Å². The molecule has 0 N–H and O–H groups in total. The summed E-state index contributed by atoms with van der Waals surface area (Å²) in [5.74, 6) is 0.261. The summed E-state index contributed by atoms with van der Waals surface area (Å²) in [6.45, 7) is 8.28. The van der Waals surface area contributed by atoms with Gasteiger partial charge in [-0.2, -0.15) is 0 Å². The molecule has 0 aromatic carbocycles. The molecular weight excluding hydrogens is 191 g/mol. The van der Waals surface area contributed by atoms with Crippen molar-refractivity contribution < 1.29 is 0 Å². The Kier molecular flexibility index (Phi) is 2.90. The van der Waals surface area contributed by atoms with Gasteiger partial charge in [0.2, 0.25) is 0 Å². The van der Waals surface area contributed by atoms with Crippen molar-refractivity contribution in [1.29, 1.82) is 0 Å². The first kappa shape index (κ1) is 10.1. The average Bonchev–Trinajstić information content (AvgIpc) is 2.08. The largest absolute Gasteiger partial charge is 0.117 e. The molecule has 2 atom stereocenters. The van der Waals surface area contributed by atoms with Gasteiger partial charge in [0.25, 0.3) is 0 Å². The normalized spacial score (nSPS) is 31.5. The molecule has 2 unspecified atom stereocenters. The van der Waals surface area contributed by atoms with Gasteiger partial charge in [0.15, 0.2) is 0 Å². The number of halogens is 2. The zero-order valence-electron chi connectivity index (χ0n) is 7.91. The number of allylic oxidation sites excluding steroid dienone is 4. The second kappa shape index (κ2) is 3.43. The first-order chi connectivity index (χ1) is 5.46. The predicted octanol–water partition coefficient (Wildman–Crippen LogP) is 4.09. The quantitative estimate of drug-likeness (QED) is 0.522. The molecule has 0 nitrogen and oxygen atoms in total. The summed E-state index contributed by atoms with van der Waals surface area (Å²) in [5.41, 5.74) is 3.70. The molecule has 0 spiro atoms. The second-order valence-electron chi connectivity index (χ2n) is 3.47. The van der Waals surface area contributed by atoms with Crippen molar-refractivity contribution in [3.63, 3.8) is 0 Å². The van der Waals surface area contributed by atoms with Crippen LogP contribution >= 0.6 is 23.2 Å².